The largest absolute Gasteiger partial charge is 0.319 e. The van der Waals surface area contributed by atoms with Crippen molar-refractivity contribution in [3.63, 3.8) is 0 Å². The molecule has 17 heavy (non-hydrogen) atoms. The van der Waals surface area contributed by atoms with E-state index in [1.165, 1.54) is 6.07 Å². The lowest BCUT2D eigenvalue weighted by Crippen LogP contribution is -2.23. The number of amidine groups is 1. The van der Waals surface area contributed by atoms with Gasteiger partial charge in [-0.15, -0.1) is 0 Å². The Morgan fingerprint density at radius 2 is 1.71 bits per heavy atom. The first-order valence-corrected chi connectivity index (χ1v) is 5.46. The van der Waals surface area contributed by atoms with Gasteiger partial charge in [0, 0.05) is 5.56 Å². The number of benzene rings is 2. The van der Waals surface area contributed by atoms with E-state index in [1.54, 1.807) is 23.1 Å². The van der Waals surface area contributed by atoms with Gasteiger partial charge in [0.25, 0.3) is 0 Å². The highest BCUT2D eigenvalue weighted by Crippen LogP contribution is 2.29. The van der Waals surface area contributed by atoms with E-state index >= 15 is 0 Å². The summed E-state index contributed by atoms with van der Waals surface area (Å²) >= 11 is 0. The van der Waals surface area contributed by atoms with Crippen molar-refractivity contribution in [2.45, 2.75) is 6.54 Å². The van der Waals surface area contributed by atoms with Gasteiger partial charge in [0.1, 0.15) is 11.7 Å². The Balaban J connectivity index is 2.05. The summed E-state index contributed by atoms with van der Waals surface area (Å²) in [6.07, 6.45) is 0. The zero-order chi connectivity index (χ0) is 11.8. The quantitative estimate of drug-likeness (QED) is 0.794. The van der Waals surface area contributed by atoms with Crippen molar-refractivity contribution in [3.05, 3.63) is 65.5 Å². The minimum Gasteiger partial charge on any atom is -0.319 e. The fourth-order valence-electron chi connectivity index (χ4n) is 2.16. The summed E-state index contributed by atoms with van der Waals surface area (Å²) in [6, 6.07) is 14.3. The van der Waals surface area contributed by atoms with Gasteiger partial charge in [-0.3, -0.25) is 5.41 Å². The number of rotatable bonds is 1. The highest BCUT2D eigenvalue weighted by Gasteiger charge is 2.26. The molecule has 0 aliphatic carbocycles. The Labute approximate surface area is 98.8 Å². The molecule has 1 aliphatic rings. The molecule has 0 unspecified atom stereocenters. The molecule has 0 spiro atoms. The first-order valence-electron chi connectivity index (χ1n) is 5.46. The molecular weight excluding hydrogens is 215 g/mol. The van der Waals surface area contributed by atoms with Crippen LogP contribution in [0.5, 0.6) is 0 Å². The fraction of sp³-hybridized carbons (Fsp3) is 0.0714. The SMILES string of the molecule is N=C1c2ccccc2CN1c1ccccc1F. The van der Waals surface area contributed by atoms with Gasteiger partial charge in [0.15, 0.2) is 0 Å². The van der Waals surface area contributed by atoms with Crippen LogP contribution in [0.3, 0.4) is 0 Å². The number of nitrogens with one attached hydrogen (secondary N) is 1. The molecule has 84 valence electrons. The van der Waals surface area contributed by atoms with Gasteiger partial charge in [-0.25, -0.2) is 4.39 Å². The zero-order valence-corrected chi connectivity index (χ0v) is 9.15. The lowest BCUT2D eigenvalue weighted by Gasteiger charge is -2.18. The van der Waals surface area contributed by atoms with Crippen molar-refractivity contribution in [2.75, 3.05) is 4.90 Å². The van der Waals surface area contributed by atoms with E-state index in [4.69, 9.17) is 5.41 Å². The number of hydrogen-bond donors (Lipinski definition) is 1. The molecule has 1 aliphatic heterocycles. The minimum absolute atomic E-state index is 0.287. The van der Waals surface area contributed by atoms with Crippen LogP contribution in [-0.4, -0.2) is 5.84 Å². The van der Waals surface area contributed by atoms with Gasteiger partial charge in [-0.2, -0.15) is 0 Å². The summed E-state index contributed by atoms with van der Waals surface area (Å²) in [5, 5.41) is 8.08. The molecule has 2 nitrogen and oxygen atoms in total. The van der Waals surface area contributed by atoms with E-state index in [-0.39, 0.29) is 5.82 Å². The molecule has 0 saturated carbocycles. The highest BCUT2D eigenvalue weighted by molar-refractivity contribution is 6.11. The second kappa shape index (κ2) is 3.70. The Morgan fingerprint density at radius 1 is 1.00 bits per heavy atom. The summed E-state index contributed by atoms with van der Waals surface area (Å²) in [5.74, 6) is 0.0794. The van der Waals surface area contributed by atoms with E-state index in [2.05, 4.69) is 0 Å². The van der Waals surface area contributed by atoms with E-state index in [1.807, 2.05) is 24.3 Å². The summed E-state index contributed by atoms with van der Waals surface area (Å²) in [6.45, 7) is 0.565. The third-order valence-corrected chi connectivity index (χ3v) is 3.01. The molecule has 3 rings (SSSR count). The molecule has 0 bridgehead atoms. The Kier molecular flexibility index (Phi) is 2.18. The van der Waals surface area contributed by atoms with Gasteiger partial charge >= 0.3 is 0 Å². The van der Waals surface area contributed by atoms with Crippen LogP contribution in [0.2, 0.25) is 0 Å². The van der Waals surface area contributed by atoms with Gasteiger partial charge in [0.05, 0.1) is 12.2 Å². The molecule has 0 fully saturated rings. The smallest absolute Gasteiger partial charge is 0.146 e. The van der Waals surface area contributed by atoms with Crippen LogP contribution in [0.15, 0.2) is 48.5 Å². The topological polar surface area (TPSA) is 27.1 Å². The van der Waals surface area contributed by atoms with Crippen LogP contribution in [0.25, 0.3) is 0 Å². The fourth-order valence-corrected chi connectivity index (χ4v) is 2.16. The van der Waals surface area contributed by atoms with Gasteiger partial charge in [-0.05, 0) is 17.7 Å². The van der Waals surface area contributed by atoms with Gasteiger partial charge in [0.2, 0.25) is 0 Å². The van der Waals surface area contributed by atoms with Crippen LogP contribution < -0.4 is 4.90 Å². The van der Waals surface area contributed by atoms with Crippen molar-refractivity contribution in [3.8, 4) is 0 Å². The van der Waals surface area contributed by atoms with Gasteiger partial charge < -0.3 is 4.90 Å². The van der Waals surface area contributed by atoms with E-state index < -0.39 is 0 Å². The van der Waals surface area contributed by atoms with Crippen molar-refractivity contribution in [2.24, 2.45) is 0 Å². The molecule has 3 heteroatoms. The molecule has 0 amide bonds. The molecule has 0 radical (unpaired) electrons. The number of nitrogens with zero attached hydrogens (tertiary/aromatic N) is 1. The van der Waals surface area contributed by atoms with Crippen LogP contribution in [0.1, 0.15) is 11.1 Å². The molecule has 2 aromatic rings. The summed E-state index contributed by atoms with van der Waals surface area (Å²) in [5.41, 5.74) is 2.42. The van der Waals surface area contributed by atoms with Crippen molar-refractivity contribution < 1.29 is 4.39 Å². The van der Waals surface area contributed by atoms with E-state index in [9.17, 15) is 4.39 Å². The molecule has 2 aromatic carbocycles. The van der Waals surface area contributed by atoms with Crippen molar-refractivity contribution in [1.82, 2.24) is 0 Å². The van der Waals surface area contributed by atoms with Crippen LogP contribution >= 0.6 is 0 Å². The number of para-hydroxylation sites is 1. The maximum absolute atomic E-state index is 13.7. The average molecular weight is 226 g/mol. The molecule has 0 aromatic heterocycles. The molecule has 1 N–H and O–H groups in total. The first kappa shape index (κ1) is 10.0. The lowest BCUT2D eigenvalue weighted by molar-refractivity contribution is 0.626. The number of hydrogen-bond acceptors (Lipinski definition) is 1. The number of halogens is 1. The first-order chi connectivity index (χ1) is 8.27. The summed E-state index contributed by atoms with van der Waals surface area (Å²) < 4.78 is 13.7. The van der Waals surface area contributed by atoms with Crippen molar-refractivity contribution in [1.29, 1.82) is 5.41 Å². The number of anilines is 1. The Morgan fingerprint density at radius 3 is 2.47 bits per heavy atom. The standard InChI is InChI=1S/C14H11FN2/c15-12-7-3-4-8-13(12)17-9-10-5-1-2-6-11(10)14(17)16/h1-8,16H,9H2. The van der Waals surface area contributed by atoms with E-state index in [0.717, 1.165) is 11.1 Å². The Bertz CT molecular complexity index is 592. The van der Waals surface area contributed by atoms with Crippen LogP contribution in [0.4, 0.5) is 10.1 Å². The molecule has 1 heterocycles. The van der Waals surface area contributed by atoms with E-state index in [0.29, 0.717) is 18.1 Å². The second-order valence-electron chi connectivity index (χ2n) is 4.04. The molecule has 0 atom stereocenters. The van der Waals surface area contributed by atoms with Crippen LogP contribution in [0, 0.1) is 11.2 Å². The normalized spacial score (nSPS) is 13.9. The van der Waals surface area contributed by atoms with Gasteiger partial charge in [-0.1, -0.05) is 36.4 Å². The van der Waals surface area contributed by atoms with Crippen LogP contribution in [-0.2, 0) is 6.54 Å². The molecule has 0 saturated heterocycles. The minimum atomic E-state index is -0.287. The maximum Gasteiger partial charge on any atom is 0.146 e. The lowest BCUT2D eigenvalue weighted by atomic mass is 10.1. The predicted molar refractivity (Wildman–Crippen MR) is 65.9 cm³/mol. The monoisotopic (exact) mass is 226 g/mol. The van der Waals surface area contributed by atoms with Crippen molar-refractivity contribution >= 4 is 11.5 Å². The third kappa shape index (κ3) is 1.51. The Hall–Kier alpha value is -2.16. The summed E-state index contributed by atoms with van der Waals surface area (Å²) in [7, 11) is 0. The average Bonchev–Trinajstić information content (AvgIpc) is 2.68. The predicted octanol–water partition coefficient (Wildman–Crippen LogP) is 3.17. The number of fused-ring (bicyclic) bond motifs is 1. The second-order valence-corrected chi connectivity index (χ2v) is 4.04. The third-order valence-electron chi connectivity index (χ3n) is 3.01. The molecular formula is C14H11FN2. The zero-order valence-electron chi connectivity index (χ0n) is 9.15. The summed E-state index contributed by atoms with van der Waals surface area (Å²) in [4.78, 5) is 1.69. The highest BCUT2D eigenvalue weighted by atomic mass is 19.1. The maximum atomic E-state index is 13.7.